The van der Waals surface area contributed by atoms with E-state index in [1.54, 1.807) is 0 Å². The maximum absolute atomic E-state index is 12.0. The minimum atomic E-state index is -0.488. The molecule has 648 valence electrons. The molecule has 0 aromatic carbocycles. The summed E-state index contributed by atoms with van der Waals surface area (Å²) in [5.41, 5.74) is 0. The van der Waals surface area contributed by atoms with Crippen molar-refractivity contribution in [1.29, 1.82) is 0 Å². The summed E-state index contributed by atoms with van der Waals surface area (Å²) in [6, 6.07) is 0. The highest BCUT2D eigenvalue weighted by molar-refractivity contribution is 5.91. The molecule has 48 atom stereocenters. The molecule has 26 heteroatoms. The average Bonchev–Trinajstić information content (AvgIpc) is 1.50. The van der Waals surface area contributed by atoms with Gasteiger partial charge in [-0.25, -0.2) is 0 Å². The smallest absolute Gasteiger partial charge is 0.317 e. The fourth-order valence-electron chi connectivity index (χ4n) is 25.9. The number of esters is 5. The van der Waals surface area contributed by atoms with Gasteiger partial charge in [0.2, 0.25) is 0 Å². The van der Waals surface area contributed by atoms with Gasteiger partial charge in [-0.1, -0.05) is 27.7 Å². The van der Waals surface area contributed by atoms with E-state index in [1.165, 1.54) is 70.6 Å². The fraction of sp³-hybridized carbons (Fsp3) is 0.945. The van der Waals surface area contributed by atoms with E-state index in [0.29, 0.717) is 269 Å². The maximum Gasteiger partial charge on any atom is 0.317 e. The van der Waals surface area contributed by atoms with E-state index in [1.807, 2.05) is 0 Å². The Balaban J connectivity index is 0.0000000811. The lowest BCUT2D eigenvalue weighted by molar-refractivity contribution is -0.158. The molecule has 30 aliphatic rings. The number of fused-ring (bicyclic) bond motifs is 27. The lowest BCUT2D eigenvalue weighted by Crippen LogP contribution is -2.29. The molecular weight excluding hydrogens is 1510 g/mol. The zero-order valence-electron chi connectivity index (χ0n) is 68.9. The predicted octanol–water partition coefficient (Wildman–Crippen LogP) is 9.04. The Kier molecular flexibility index (Phi) is 21.2. The van der Waals surface area contributed by atoms with Gasteiger partial charge in [0, 0.05) is 12.8 Å². The van der Waals surface area contributed by atoms with E-state index in [0.717, 1.165) is 150 Å². The van der Waals surface area contributed by atoms with Crippen molar-refractivity contribution < 1.29 is 123 Å². The average molecular weight is 1640 g/mol. The summed E-state index contributed by atoms with van der Waals surface area (Å²) in [6.45, 7) is 12.8. The minimum Gasteiger partial charge on any atom is -0.465 e. The number of epoxide rings is 16. The second-order valence-electron chi connectivity index (χ2n) is 42.2. The number of rotatable bonds is 17. The van der Waals surface area contributed by atoms with E-state index >= 15 is 0 Å². The SMILES string of the molecule is C1C2OC2C2C1C1CC2C2OC12.C1C2OC2CC2OC12.C1CC2OC2C2OC12.C1CC2OC2CC1C1CO1.C1OC1C1CC2CC1C1OC21.CC1CC2OC2CC1COC(=O)CC(=O)OCC1CC2OC2CC1C.CC1CC2OC2CC1COC(=O)CC(=O)OCC1CC2OC2CC1C.O=C(OCC1CCC2OC2C1)C1CCC2OC2C1. The predicted molar refractivity (Wildman–Crippen MR) is 406 cm³/mol. The largest absolute Gasteiger partial charge is 0.465 e. The van der Waals surface area contributed by atoms with Crippen molar-refractivity contribution in [2.45, 2.75) is 384 Å². The first-order chi connectivity index (χ1) is 57.0. The van der Waals surface area contributed by atoms with Gasteiger partial charge in [0.1, 0.15) is 25.0 Å². The Bertz CT molecular complexity index is 3420. The molecule has 16 saturated heterocycles. The Morgan fingerprint density at radius 3 is 1.09 bits per heavy atom. The van der Waals surface area contributed by atoms with Crippen LogP contribution in [0.1, 0.15) is 201 Å². The lowest BCUT2D eigenvalue weighted by Gasteiger charge is -2.26. The van der Waals surface area contributed by atoms with Gasteiger partial charge in [0.25, 0.3) is 0 Å². The number of carbonyl (C=O) groups excluding carboxylic acids is 5. The number of ether oxygens (including phenoxy) is 21. The van der Waals surface area contributed by atoms with Crippen LogP contribution in [0.2, 0.25) is 0 Å². The van der Waals surface area contributed by atoms with Gasteiger partial charge < -0.3 is 99.5 Å². The molecule has 0 amide bonds. The molecule has 30 fully saturated rings. The van der Waals surface area contributed by atoms with Crippen LogP contribution in [-0.4, -0.2) is 259 Å². The van der Waals surface area contributed by atoms with Gasteiger partial charge in [-0.15, -0.1) is 0 Å². The van der Waals surface area contributed by atoms with Crippen molar-refractivity contribution in [3.63, 3.8) is 0 Å². The number of carbonyl (C=O) groups is 5. The summed E-state index contributed by atoms with van der Waals surface area (Å²) in [5.74, 6) is 9.24. The monoisotopic (exact) mass is 1640 g/mol. The molecule has 0 aromatic heterocycles. The van der Waals surface area contributed by atoms with Gasteiger partial charge in [-0.3, -0.25) is 24.0 Å². The van der Waals surface area contributed by atoms with E-state index in [-0.39, 0.29) is 24.7 Å². The van der Waals surface area contributed by atoms with Crippen LogP contribution in [0.25, 0.3) is 0 Å². The Morgan fingerprint density at radius 1 is 0.248 bits per heavy atom. The third-order valence-corrected chi connectivity index (χ3v) is 34.4. The van der Waals surface area contributed by atoms with Crippen LogP contribution in [0.5, 0.6) is 0 Å². The first-order valence-corrected chi connectivity index (χ1v) is 47.1. The topological polar surface area (TPSA) is 332 Å². The molecule has 26 nitrogen and oxygen atoms in total. The molecule has 117 heavy (non-hydrogen) atoms. The molecular formula is C91H128O26. The zero-order valence-corrected chi connectivity index (χ0v) is 68.9. The second kappa shape index (κ2) is 31.7. The van der Waals surface area contributed by atoms with Crippen LogP contribution < -0.4 is 0 Å². The lowest BCUT2D eigenvalue weighted by atomic mass is 9.81. The third kappa shape index (κ3) is 18.2. The highest BCUT2D eigenvalue weighted by Gasteiger charge is 2.75. The van der Waals surface area contributed by atoms with Crippen molar-refractivity contribution in [2.75, 3.05) is 46.2 Å². The van der Waals surface area contributed by atoms with E-state index in [9.17, 15) is 24.0 Å². The van der Waals surface area contributed by atoms with Crippen LogP contribution in [0.3, 0.4) is 0 Å². The van der Waals surface area contributed by atoms with Crippen LogP contribution >= 0.6 is 0 Å². The normalized spacial score (nSPS) is 55.1. The summed E-state index contributed by atoms with van der Waals surface area (Å²) in [7, 11) is 0. The van der Waals surface area contributed by atoms with Crippen molar-refractivity contribution in [1.82, 2.24) is 0 Å². The first-order valence-electron chi connectivity index (χ1n) is 47.1. The Labute approximate surface area is 687 Å². The molecule has 16 aliphatic heterocycles. The quantitative estimate of drug-likeness (QED) is 0.0567. The van der Waals surface area contributed by atoms with E-state index in [4.69, 9.17) is 99.5 Å². The van der Waals surface area contributed by atoms with Crippen LogP contribution in [0.15, 0.2) is 0 Å². The molecule has 0 aromatic rings. The number of hydrogen-bond donors (Lipinski definition) is 0. The highest BCUT2D eigenvalue weighted by atomic mass is 16.7. The first kappa shape index (κ1) is 78.4. The Morgan fingerprint density at radius 2 is 0.632 bits per heavy atom. The molecule has 48 unspecified atom stereocenters. The van der Waals surface area contributed by atoms with Crippen molar-refractivity contribution >= 4 is 29.8 Å². The van der Waals surface area contributed by atoms with Crippen LogP contribution in [0, 0.1) is 107 Å². The van der Waals surface area contributed by atoms with Crippen LogP contribution in [0.4, 0.5) is 0 Å². The van der Waals surface area contributed by atoms with Gasteiger partial charge in [-0.2, -0.15) is 0 Å². The molecule has 14 saturated carbocycles. The van der Waals surface area contributed by atoms with Gasteiger partial charge in [-0.05, 0) is 248 Å². The highest BCUT2D eigenvalue weighted by Crippen LogP contribution is 2.70. The van der Waals surface area contributed by atoms with Gasteiger partial charge in [0.15, 0.2) is 0 Å². The summed E-state index contributed by atoms with van der Waals surface area (Å²) >= 11 is 0. The molecule has 4 bridgehead atoms. The Hall–Kier alpha value is -3.29. The third-order valence-electron chi connectivity index (χ3n) is 34.4. The molecule has 0 N–H and O–H groups in total. The van der Waals surface area contributed by atoms with Crippen molar-refractivity contribution in [3.05, 3.63) is 0 Å². The van der Waals surface area contributed by atoms with Crippen LogP contribution in [-0.2, 0) is 123 Å². The number of hydrogen-bond acceptors (Lipinski definition) is 26. The summed E-state index contributed by atoms with van der Waals surface area (Å²) in [5, 5.41) is 0. The maximum atomic E-state index is 12.0. The summed E-state index contributed by atoms with van der Waals surface area (Å²) < 4.78 is 114. The van der Waals surface area contributed by atoms with E-state index < -0.39 is 23.9 Å². The van der Waals surface area contributed by atoms with Gasteiger partial charge in [0.05, 0.1) is 223 Å². The van der Waals surface area contributed by atoms with Crippen molar-refractivity contribution in [3.8, 4) is 0 Å². The van der Waals surface area contributed by atoms with Crippen molar-refractivity contribution in [2.24, 2.45) is 107 Å². The zero-order chi connectivity index (χ0) is 78.5. The molecule has 0 radical (unpaired) electrons. The second-order valence-corrected chi connectivity index (χ2v) is 42.2. The summed E-state index contributed by atoms with van der Waals surface area (Å²) in [4.78, 5) is 59.6. The molecule has 14 aliphatic carbocycles. The molecule has 16 heterocycles. The van der Waals surface area contributed by atoms with E-state index in [2.05, 4.69) is 27.7 Å². The summed E-state index contributed by atoms with van der Waals surface area (Å²) in [6.07, 6.45) is 44.2. The minimum absolute atomic E-state index is 0.00258. The van der Waals surface area contributed by atoms with Gasteiger partial charge >= 0.3 is 29.8 Å². The molecule has 0 spiro atoms. The standard InChI is InChI=1S/2C19H28O6.C14H20O4.C10H12O2.C9H12O2.C8H12O2.2C6H8O2/c2*1-10-3-14-16(24-14)5-12(10)8-22-18(20)7-19(21)23-9-13-6-17-15(25-17)4-11(13)2;15-14(9-2-4-11-13(6-9)18-11)16-7-8-1-3-10-12(5-8)17-10;1-4-3-2-6-10(11-6)7(3)5(1)9-8(4)12-9;1-4-2-6(9-8(4)11-9)5(1)7-3-10-7;1-2-6-7(10-6)3-5(1)8-4-9-8;1-3-5(7-3)2-6-4(1)8-6;1-2-4-6(8-4)5-3(1)7-5/h2*10-17H,3-9H2,1-2H3;8-13H,1-7H2;3-10H,1-2H2;4-9H,1-3H2;5-8H,1-4H2;2*3-6H,1-2H2. The fourth-order valence-corrected chi connectivity index (χ4v) is 25.9. The molecule has 30 rings (SSSR count).